The molecule has 2 rings (SSSR count). The summed E-state index contributed by atoms with van der Waals surface area (Å²) in [6, 6.07) is 0. The Morgan fingerprint density at radius 2 is 1.74 bits per heavy atom. The lowest BCUT2D eigenvalue weighted by Crippen LogP contribution is -2.11. The third kappa shape index (κ3) is 2.20. The summed E-state index contributed by atoms with van der Waals surface area (Å²) in [5.74, 6) is 2.56. The third-order valence-corrected chi connectivity index (χ3v) is 3.57. The van der Waals surface area contributed by atoms with Crippen molar-refractivity contribution in [2.75, 3.05) is 12.4 Å². The molecule has 2 aromatic heterocycles. The summed E-state index contributed by atoms with van der Waals surface area (Å²) < 4.78 is 1.92. The fourth-order valence-electron chi connectivity index (χ4n) is 2.08. The molecule has 5 heteroatoms. The van der Waals surface area contributed by atoms with E-state index in [-0.39, 0.29) is 0 Å². The van der Waals surface area contributed by atoms with E-state index in [0.29, 0.717) is 0 Å². The zero-order valence-corrected chi connectivity index (χ0v) is 12.5. The molecule has 0 bridgehead atoms. The van der Waals surface area contributed by atoms with Gasteiger partial charge in [0.2, 0.25) is 0 Å². The van der Waals surface area contributed by atoms with Crippen molar-refractivity contribution in [3.05, 3.63) is 28.3 Å². The van der Waals surface area contributed by atoms with Crippen LogP contribution in [0.1, 0.15) is 35.3 Å². The number of rotatable bonds is 3. The first kappa shape index (κ1) is 13.5. The molecular formula is C14H21N5. The topological polar surface area (TPSA) is 55.6 Å². The van der Waals surface area contributed by atoms with Gasteiger partial charge in [0.15, 0.2) is 5.82 Å². The predicted octanol–water partition coefficient (Wildman–Crippen LogP) is 2.50. The fourth-order valence-corrected chi connectivity index (χ4v) is 2.08. The van der Waals surface area contributed by atoms with Crippen molar-refractivity contribution in [3.63, 3.8) is 0 Å². The highest BCUT2D eigenvalue weighted by Gasteiger charge is 2.15. The van der Waals surface area contributed by atoms with Crippen LogP contribution in [0.5, 0.6) is 0 Å². The van der Waals surface area contributed by atoms with Gasteiger partial charge < -0.3 is 5.32 Å². The molecule has 19 heavy (non-hydrogen) atoms. The van der Waals surface area contributed by atoms with Gasteiger partial charge in [0.25, 0.3) is 0 Å². The van der Waals surface area contributed by atoms with E-state index in [2.05, 4.69) is 41.2 Å². The number of anilines is 1. The molecule has 5 nitrogen and oxygen atoms in total. The molecule has 0 unspecified atom stereocenters. The van der Waals surface area contributed by atoms with Crippen LogP contribution in [0.25, 0.3) is 5.82 Å². The van der Waals surface area contributed by atoms with Gasteiger partial charge in [-0.2, -0.15) is 5.10 Å². The molecule has 0 saturated carbocycles. The monoisotopic (exact) mass is 259 g/mol. The highest BCUT2D eigenvalue weighted by atomic mass is 15.3. The van der Waals surface area contributed by atoms with Gasteiger partial charge in [-0.25, -0.2) is 14.6 Å². The Morgan fingerprint density at radius 3 is 2.21 bits per heavy atom. The molecule has 0 amide bonds. The lowest BCUT2D eigenvalue weighted by Gasteiger charge is -2.12. The molecule has 2 heterocycles. The Hall–Kier alpha value is -1.91. The van der Waals surface area contributed by atoms with E-state index in [1.165, 1.54) is 5.56 Å². The fraction of sp³-hybridized carbons (Fsp3) is 0.500. The SMILES string of the molecule is CCc1nc(NC)c(C)c(-n2nc(C)c(C)c2C)n1. The van der Waals surface area contributed by atoms with Gasteiger partial charge in [-0.3, -0.25) is 0 Å². The van der Waals surface area contributed by atoms with Crippen molar-refractivity contribution in [3.8, 4) is 5.82 Å². The van der Waals surface area contributed by atoms with Gasteiger partial charge in [-0.05, 0) is 33.3 Å². The van der Waals surface area contributed by atoms with E-state index in [1.807, 2.05) is 25.6 Å². The van der Waals surface area contributed by atoms with Gasteiger partial charge in [-0.1, -0.05) is 6.92 Å². The van der Waals surface area contributed by atoms with E-state index in [0.717, 1.165) is 40.8 Å². The van der Waals surface area contributed by atoms with Gasteiger partial charge >= 0.3 is 0 Å². The second-order valence-electron chi connectivity index (χ2n) is 4.75. The second-order valence-corrected chi connectivity index (χ2v) is 4.75. The summed E-state index contributed by atoms with van der Waals surface area (Å²) in [6.07, 6.45) is 0.806. The van der Waals surface area contributed by atoms with Crippen LogP contribution in [-0.4, -0.2) is 26.8 Å². The second kappa shape index (κ2) is 4.99. The van der Waals surface area contributed by atoms with E-state index in [4.69, 9.17) is 0 Å². The number of aromatic nitrogens is 4. The summed E-state index contributed by atoms with van der Waals surface area (Å²) in [5.41, 5.74) is 4.40. The number of hydrogen-bond acceptors (Lipinski definition) is 4. The molecule has 0 radical (unpaired) electrons. The maximum Gasteiger partial charge on any atom is 0.162 e. The Morgan fingerprint density at radius 1 is 1.05 bits per heavy atom. The first-order valence-corrected chi connectivity index (χ1v) is 6.58. The highest BCUT2D eigenvalue weighted by molar-refractivity contribution is 5.52. The zero-order chi connectivity index (χ0) is 14.2. The smallest absolute Gasteiger partial charge is 0.162 e. The van der Waals surface area contributed by atoms with E-state index in [1.54, 1.807) is 0 Å². The van der Waals surface area contributed by atoms with Gasteiger partial charge in [0.05, 0.1) is 5.69 Å². The molecular weight excluding hydrogens is 238 g/mol. The van der Waals surface area contributed by atoms with Crippen LogP contribution in [0.4, 0.5) is 5.82 Å². The first-order valence-electron chi connectivity index (χ1n) is 6.58. The minimum Gasteiger partial charge on any atom is -0.373 e. The Kier molecular flexibility index (Phi) is 3.55. The van der Waals surface area contributed by atoms with Crippen molar-refractivity contribution < 1.29 is 0 Å². The Bertz CT molecular complexity index is 613. The van der Waals surface area contributed by atoms with Crippen molar-refractivity contribution in [1.82, 2.24) is 19.7 Å². The van der Waals surface area contributed by atoms with Crippen LogP contribution in [0.15, 0.2) is 0 Å². The molecule has 0 aliphatic carbocycles. The van der Waals surface area contributed by atoms with Crippen LogP contribution in [0.2, 0.25) is 0 Å². The maximum atomic E-state index is 4.63. The van der Waals surface area contributed by atoms with E-state index in [9.17, 15) is 0 Å². The van der Waals surface area contributed by atoms with E-state index < -0.39 is 0 Å². The number of nitrogens with zero attached hydrogens (tertiary/aromatic N) is 4. The first-order chi connectivity index (χ1) is 8.99. The number of hydrogen-bond donors (Lipinski definition) is 1. The summed E-state index contributed by atoms with van der Waals surface area (Å²) in [5, 5.41) is 7.72. The van der Waals surface area contributed by atoms with E-state index >= 15 is 0 Å². The number of nitrogens with one attached hydrogen (secondary N) is 1. The quantitative estimate of drug-likeness (QED) is 0.920. The molecule has 2 aromatic rings. The molecule has 1 N–H and O–H groups in total. The van der Waals surface area contributed by atoms with Crippen LogP contribution in [0, 0.1) is 27.7 Å². The Balaban J connectivity index is 2.70. The van der Waals surface area contributed by atoms with Crippen LogP contribution < -0.4 is 5.32 Å². The molecule has 0 saturated heterocycles. The molecule has 0 atom stereocenters. The standard InChI is InChI=1S/C14H21N5/c1-7-12-16-13(15-6)9(3)14(17-12)19-11(5)8(2)10(4)18-19/h7H2,1-6H3,(H,15,16,17). The lowest BCUT2D eigenvalue weighted by atomic mass is 10.2. The van der Waals surface area contributed by atoms with Gasteiger partial charge in [-0.15, -0.1) is 0 Å². The normalized spacial score (nSPS) is 10.8. The molecule has 102 valence electrons. The summed E-state index contributed by atoms with van der Waals surface area (Å²) in [7, 11) is 1.88. The molecule has 0 spiro atoms. The highest BCUT2D eigenvalue weighted by Crippen LogP contribution is 2.22. The number of aryl methyl sites for hydroxylation is 2. The molecule has 0 aliphatic heterocycles. The maximum absolute atomic E-state index is 4.63. The van der Waals surface area contributed by atoms with Crippen LogP contribution >= 0.6 is 0 Å². The summed E-state index contributed by atoms with van der Waals surface area (Å²) in [4.78, 5) is 9.13. The zero-order valence-electron chi connectivity index (χ0n) is 12.5. The van der Waals surface area contributed by atoms with Crippen LogP contribution in [-0.2, 0) is 6.42 Å². The summed E-state index contributed by atoms with van der Waals surface area (Å²) >= 11 is 0. The van der Waals surface area contributed by atoms with Crippen molar-refractivity contribution in [2.24, 2.45) is 0 Å². The van der Waals surface area contributed by atoms with Crippen molar-refractivity contribution >= 4 is 5.82 Å². The largest absolute Gasteiger partial charge is 0.373 e. The third-order valence-electron chi connectivity index (χ3n) is 3.57. The lowest BCUT2D eigenvalue weighted by molar-refractivity contribution is 0.775. The minimum atomic E-state index is 0.806. The van der Waals surface area contributed by atoms with Crippen LogP contribution in [0.3, 0.4) is 0 Å². The summed E-state index contributed by atoms with van der Waals surface area (Å²) in [6.45, 7) is 10.3. The van der Waals surface area contributed by atoms with Crippen molar-refractivity contribution in [1.29, 1.82) is 0 Å². The molecule has 0 fully saturated rings. The van der Waals surface area contributed by atoms with Crippen molar-refractivity contribution in [2.45, 2.75) is 41.0 Å². The Labute approximate surface area is 114 Å². The minimum absolute atomic E-state index is 0.806. The average molecular weight is 259 g/mol. The average Bonchev–Trinajstić information content (AvgIpc) is 2.67. The molecule has 0 aliphatic rings. The van der Waals surface area contributed by atoms with Gasteiger partial charge in [0, 0.05) is 24.7 Å². The van der Waals surface area contributed by atoms with Gasteiger partial charge in [0.1, 0.15) is 11.6 Å². The predicted molar refractivity (Wildman–Crippen MR) is 77.0 cm³/mol. The molecule has 0 aromatic carbocycles.